The maximum atomic E-state index is 6.38. The van der Waals surface area contributed by atoms with Crippen molar-refractivity contribution in [1.29, 1.82) is 0 Å². The predicted molar refractivity (Wildman–Crippen MR) is 138 cm³/mol. The Labute approximate surface area is 209 Å². The Morgan fingerprint density at radius 2 is 1.92 bits per heavy atom. The van der Waals surface area contributed by atoms with Crippen molar-refractivity contribution in [3.05, 3.63) is 93.7 Å². The van der Waals surface area contributed by atoms with Gasteiger partial charge in [0.1, 0.15) is 23.7 Å². The van der Waals surface area contributed by atoms with E-state index in [4.69, 9.17) is 14.7 Å². The number of fused-ring (bicyclic) bond motifs is 3. The van der Waals surface area contributed by atoms with Crippen LogP contribution in [0.1, 0.15) is 59.0 Å². The van der Waals surface area contributed by atoms with Crippen LogP contribution in [0.3, 0.4) is 0 Å². The smallest absolute Gasteiger partial charge is 0.175 e. The number of H-pyrrole nitrogens is 1. The van der Waals surface area contributed by atoms with Gasteiger partial charge in [-0.3, -0.25) is 0 Å². The van der Waals surface area contributed by atoms with Crippen LogP contribution in [0.2, 0.25) is 0 Å². The van der Waals surface area contributed by atoms with Crippen LogP contribution >= 0.6 is 0 Å². The number of aromatic amines is 1. The van der Waals surface area contributed by atoms with E-state index in [1.807, 2.05) is 19.9 Å². The lowest BCUT2D eigenvalue weighted by molar-refractivity contribution is 0.307. The molecule has 0 saturated carbocycles. The highest BCUT2D eigenvalue weighted by atomic mass is 16.5. The Morgan fingerprint density at radius 1 is 1.06 bits per heavy atom. The number of hydrogen-bond acceptors (Lipinski definition) is 6. The van der Waals surface area contributed by atoms with E-state index in [-0.39, 0.29) is 0 Å². The van der Waals surface area contributed by atoms with E-state index in [2.05, 4.69) is 81.5 Å². The van der Waals surface area contributed by atoms with Crippen molar-refractivity contribution < 1.29 is 4.74 Å². The van der Waals surface area contributed by atoms with Gasteiger partial charge in [0.15, 0.2) is 11.5 Å². The summed E-state index contributed by atoms with van der Waals surface area (Å²) in [6.45, 7) is 9.47. The zero-order chi connectivity index (χ0) is 24.8. The quantitative estimate of drug-likeness (QED) is 0.390. The second-order valence-corrected chi connectivity index (χ2v) is 9.25. The fourth-order valence-electron chi connectivity index (χ4n) is 5.09. The molecule has 0 spiro atoms. The zero-order valence-corrected chi connectivity index (χ0v) is 20.8. The van der Waals surface area contributed by atoms with Gasteiger partial charge in [-0.1, -0.05) is 43.3 Å². The lowest BCUT2D eigenvalue weighted by atomic mass is 9.90. The molecule has 1 N–H and O–H groups in total. The topological polar surface area (TPSA) is 94.4 Å². The highest BCUT2D eigenvalue weighted by Gasteiger charge is 2.23. The summed E-state index contributed by atoms with van der Waals surface area (Å²) in [6.07, 6.45) is 0.836. The molecule has 0 atom stereocenters. The number of tetrazole rings is 1. The van der Waals surface area contributed by atoms with Crippen LogP contribution in [0.5, 0.6) is 5.75 Å². The van der Waals surface area contributed by atoms with Crippen LogP contribution in [0.15, 0.2) is 48.5 Å². The van der Waals surface area contributed by atoms with Gasteiger partial charge in [-0.25, -0.2) is 15.1 Å². The molecular weight excluding hydrogens is 450 g/mol. The predicted octanol–water partition coefficient (Wildman–Crippen LogP) is 5.04. The summed E-state index contributed by atoms with van der Waals surface area (Å²) in [7, 11) is 0. The van der Waals surface area contributed by atoms with Gasteiger partial charge in [-0.15, -0.1) is 5.10 Å². The lowest BCUT2D eigenvalue weighted by Gasteiger charge is -2.15. The van der Waals surface area contributed by atoms with E-state index in [0.29, 0.717) is 19.0 Å². The van der Waals surface area contributed by atoms with Crippen LogP contribution in [-0.4, -0.2) is 35.2 Å². The molecule has 36 heavy (non-hydrogen) atoms. The van der Waals surface area contributed by atoms with E-state index < -0.39 is 0 Å². The van der Waals surface area contributed by atoms with Gasteiger partial charge in [-0.05, 0) is 71.2 Å². The first-order valence-electron chi connectivity index (χ1n) is 12.2. The number of benzene rings is 2. The second kappa shape index (κ2) is 8.71. The molecule has 0 amide bonds. The number of rotatable bonds is 4. The first-order valence-corrected chi connectivity index (χ1v) is 12.2. The first kappa shape index (κ1) is 22.2. The number of pyridine rings is 1. The normalized spacial score (nSPS) is 14.2. The molecule has 3 aromatic heterocycles. The third kappa shape index (κ3) is 3.66. The van der Waals surface area contributed by atoms with E-state index in [1.165, 1.54) is 0 Å². The third-order valence-corrected chi connectivity index (χ3v) is 6.82. The van der Waals surface area contributed by atoms with Crippen molar-refractivity contribution >= 4 is 22.3 Å². The number of allylic oxidation sites excluding steroid dienone is 1. The summed E-state index contributed by atoms with van der Waals surface area (Å²) in [5.74, 6) is 2.52. The molecule has 0 fully saturated rings. The van der Waals surface area contributed by atoms with Crippen molar-refractivity contribution in [1.82, 2.24) is 35.2 Å². The molecule has 0 bridgehead atoms. The zero-order valence-electron chi connectivity index (χ0n) is 20.8. The van der Waals surface area contributed by atoms with Crippen LogP contribution in [-0.2, 0) is 19.6 Å². The molecule has 8 nitrogen and oxygen atoms in total. The summed E-state index contributed by atoms with van der Waals surface area (Å²) >= 11 is 0. The summed E-state index contributed by atoms with van der Waals surface area (Å²) in [5, 5.41) is 14.6. The molecule has 2 aromatic carbocycles. The number of hydrogen-bond donors (Lipinski definition) is 1. The maximum Gasteiger partial charge on any atom is 0.175 e. The Bertz CT molecular complexity index is 1630. The molecule has 0 radical (unpaired) electrons. The number of imidazole rings is 1. The Balaban J connectivity index is 1.48. The average molecular weight is 478 g/mol. The van der Waals surface area contributed by atoms with Crippen molar-refractivity contribution in [2.45, 2.75) is 47.3 Å². The molecule has 0 aliphatic carbocycles. The lowest BCUT2D eigenvalue weighted by Crippen LogP contribution is -2.06. The summed E-state index contributed by atoms with van der Waals surface area (Å²) in [4.78, 5) is 9.73. The molecular formula is C28H27N7O. The molecule has 1 aliphatic heterocycles. The average Bonchev–Trinajstić information content (AvgIpc) is 3.50. The van der Waals surface area contributed by atoms with Gasteiger partial charge in [0, 0.05) is 23.3 Å². The highest BCUT2D eigenvalue weighted by molar-refractivity contribution is 5.99. The monoisotopic (exact) mass is 477 g/mol. The van der Waals surface area contributed by atoms with Crippen LogP contribution in [0.25, 0.3) is 22.3 Å². The minimum atomic E-state index is 0.492. The molecule has 6 rings (SSSR count). The Morgan fingerprint density at radius 3 is 2.72 bits per heavy atom. The fourth-order valence-corrected chi connectivity index (χ4v) is 5.09. The SMILES string of the molecule is CCc1nc2c(C)cc(C)nc2n1Cc1ccc2c(c1)OCc1ccccc1/C2=C(/C)c1nnn[nH]1. The van der Waals surface area contributed by atoms with Crippen LogP contribution in [0.4, 0.5) is 0 Å². The number of nitrogens with zero attached hydrogens (tertiary/aromatic N) is 6. The molecule has 1 aliphatic rings. The fraction of sp³-hybridized carbons (Fsp3) is 0.250. The highest BCUT2D eigenvalue weighted by Crippen LogP contribution is 2.41. The van der Waals surface area contributed by atoms with Crippen molar-refractivity contribution in [2.24, 2.45) is 0 Å². The Hall–Kier alpha value is -4.33. The largest absolute Gasteiger partial charge is 0.488 e. The number of aryl methyl sites for hydroxylation is 3. The van der Waals surface area contributed by atoms with E-state index >= 15 is 0 Å². The van der Waals surface area contributed by atoms with Crippen molar-refractivity contribution in [3.63, 3.8) is 0 Å². The van der Waals surface area contributed by atoms with Gasteiger partial charge in [0.25, 0.3) is 0 Å². The van der Waals surface area contributed by atoms with E-state index in [1.54, 1.807) is 0 Å². The minimum Gasteiger partial charge on any atom is -0.488 e. The van der Waals surface area contributed by atoms with Crippen LogP contribution in [0, 0.1) is 13.8 Å². The second-order valence-electron chi connectivity index (χ2n) is 9.25. The standard InChI is InChI=1S/C28H27N7O/c1-5-24-30-26-16(2)12-17(3)29-28(26)35(24)14-19-10-11-22-23(13-19)36-15-20-8-6-7-9-21(20)25(22)18(4)27-31-33-34-32-27/h6-13H,5,14-15H2,1-4H3,(H,31,32,33,34)/b25-18+. The Kier molecular flexibility index (Phi) is 5.36. The summed E-state index contributed by atoms with van der Waals surface area (Å²) in [6, 6.07) is 16.9. The first-order chi connectivity index (χ1) is 17.5. The van der Waals surface area contributed by atoms with Gasteiger partial charge >= 0.3 is 0 Å². The maximum absolute atomic E-state index is 6.38. The van der Waals surface area contributed by atoms with Crippen molar-refractivity contribution in [2.75, 3.05) is 0 Å². The minimum absolute atomic E-state index is 0.492. The molecule has 180 valence electrons. The number of ether oxygens (including phenoxy) is 1. The molecule has 0 saturated heterocycles. The van der Waals surface area contributed by atoms with Gasteiger partial charge in [0.05, 0.1) is 6.54 Å². The number of aromatic nitrogens is 7. The number of nitrogens with one attached hydrogen (secondary N) is 1. The van der Waals surface area contributed by atoms with Crippen LogP contribution < -0.4 is 4.74 Å². The molecule has 8 heteroatoms. The van der Waals surface area contributed by atoms with Crippen molar-refractivity contribution in [3.8, 4) is 5.75 Å². The van der Waals surface area contributed by atoms with Gasteiger partial charge < -0.3 is 9.30 Å². The molecule has 4 heterocycles. The molecule has 0 unspecified atom stereocenters. The summed E-state index contributed by atoms with van der Waals surface area (Å²) < 4.78 is 8.61. The molecule has 5 aromatic rings. The van der Waals surface area contributed by atoms with Gasteiger partial charge in [0.2, 0.25) is 0 Å². The third-order valence-electron chi connectivity index (χ3n) is 6.82. The van der Waals surface area contributed by atoms with E-state index in [9.17, 15) is 0 Å². The van der Waals surface area contributed by atoms with Gasteiger partial charge in [-0.2, -0.15) is 0 Å². The summed E-state index contributed by atoms with van der Waals surface area (Å²) in [5.41, 5.74) is 10.5. The van der Waals surface area contributed by atoms with E-state index in [0.717, 1.165) is 73.8 Å².